The van der Waals surface area contributed by atoms with E-state index in [9.17, 15) is 4.79 Å². The van der Waals surface area contributed by atoms with Gasteiger partial charge in [-0.05, 0) is 19.3 Å². The van der Waals surface area contributed by atoms with Crippen molar-refractivity contribution in [1.82, 2.24) is 9.88 Å². The summed E-state index contributed by atoms with van der Waals surface area (Å²) in [5.41, 5.74) is 8.71. The molecular weight excluding hydrogens is 262 g/mol. The van der Waals surface area contributed by atoms with E-state index in [2.05, 4.69) is 4.98 Å². The third-order valence-corrected chi connectivity index (χ3v) is 4.39. The van der Waals surface area contributed by atoms with Gasteiger partial charge in [0.1, 0.15) is 0 Å². The van der Waals surface area contributed by atoms with E-state index in [4.69, 9.17) is 10.5 Å². The van der Waals surface area contributed by atoms with E-state index in [0.717, 1.165) is 25.0 Å². The summed E-state index contributed by atoms with van der Waals surface area (Å²) >= 11 is 1.55. The molecule has 106 valence electrons. The van der Waals surface area contributed by atoms with Crippen LogP contribution < -0.4 is 5.73 Å². The average molecular weight is 283 g/mol. The number of thiazole rings is 1. The zero-order valence-corrected chi connectivity index (χ0v) is 12.2. The van der Waals surface area contributed by atoms with Crippen LogP contribution in [0.5, 0.6) is 0 Å². The predicted molar refractivity (Wildman–Crippen MR) is 74.7 cm³/mol. The van der Waals surface area contributed by atoms with Crippen LogP contribution in [0, 0.1) is 5.92 Å². The largest absolute Gasteiger partial charge is 0.380 e. The number of aromatic nitrogens is 1. The van der Waals surface area contributed by atoms with Gasteiger partial charge in [0.25, 0.3) is 0 Å². The topological polar surface area (TPSA) is 68.5 Å². The smallest absolute Gasteiger partial charge is 0.225 e. The van der Waals surface area contributed by atoms with Gasteiger partial charge in [0.05, 0.1) is 23.9 Å². The zero-order chi connectivity index (χ0) is 13.8. The van der Waals surface area contributed by atoms with E-state index >= 15 is 0 Å². The number of rotatable bonds is 4. The Bertz CT molecular complexity index is 410. The molecule has 0 unspecified atom stereocenters. The van der Waals surface area contributed by atoms with Crippen LogP contribution in [-0.4, -0.2) is 42.1 Å². The van der Waals surface area contributed by atoms with Crippen molar-refractivity contribution < 1.29 is 9.53 Å². The first kappa shape index (κ1) is 14.4. The van der Waals surface area contributed by atoms with Gasteiger partial charge in [-0.3, -0.25) is 4.79 Å². The lowest BCUT2D eigenvalue weighted by Gasteiger charge is -2.34. The normalized spacial score (nSPS) is 27.2. The number of methoxy groups -OCH3 is 1. The second kappa shape index (κ2) is 6.45. The van der Waals surface area contributed by atoms with Crippen LogP contribution in [0.3, 0.4) is 0 Å². The quantitative estimate of drug-likeness (QED) is 0.903. The van der Waals surface area contributed by atoms with Gasteiger partial charge in [0.2, 0.25) is 5.91 Å². The van der Waals surface area contributed by atoms with E-state index in [-0.39, 0.29) is 24.0 Å². The maximum atomic E-state index is 12.4. The number of hydrogen-bond donors (Lipinski definition) is 1. The number of carbonyl (C=O) groups is 1. The highest BCUT2D eigenvalue weighted by atomic mass is 32.1. The molecule has 1 heterocycles. The van der Waals surface area contributed by atoms with Gasteiger partial charge in [0, 0.05) is 31.5 Å². The summed E-state index contributed by atoms with van der Waals surface area (Å²) < 4.78 is 5.36. The molecule has 1 fully saturated rings. The van der Waals surface area contributed by atoms with Crippen LogP contribution in [0.25, 0.3) is 0 Å². The summed E-state index contributed by atoms with van der Waals surface area (Å²) in [4.78, 5) is 18.4. The minimum Gasteiger partial charge on any atom is -0.380 e. The molecule has 0 aliphatic heterocycles. The molecule has 1 aromatic rings. The van der Waals surface area contributed by atoms with Crippen molar-refractivity contribution in [1.29, 1.82) is 0 Å². The van der Waals surface area contributed by atoms with E-state index in [0.29, 0.717) is 6.54 Å². The Balaban J connectivity index is 1.92. The van der Waals surface area contributed by atoms with E-state index in [1.807, 2.05) is 12.4 Å². The summed E-state index contributed by atoms with van der Waals surface area (Å²) in [6.07, 6.45) is 2.41. The summed E-state index contributed by atoms with van der Waals surface area (Å²) in [7, 11) is 3.49. The molecule has 6 heteroatoms. The monoisotopic (exact) mass is 283 g/mol. The van der Waals surface area contributed by atoms with Gasteiger partial charge < -0.3 is 15.4 Å². The molecule has 1 aliphatic rings. The second-order valence-corrected chi connectivity index (χ2v) is 5.84. The van der Waals surface area contributed by atoms with Gasteiger partial charge in [0.15, 0.2) is 0 Å². The number of carbonyl (C=O) groups excluding carboxylic acids is 1. The van der Waals surface area contributed by atoms with Crippen molar-refractivity contribution in [3.8, 4) is 0 Å². The van der Waals surface area contributed by atoms with Crippen molar-refractivity contribution in [2.45, 2.75) is 38.0 Å². The van der Waals surface area contributed by atoms with Crippen LogP contribution in [0.2, 0.25) is 0 Å². The molecule has 5 nitrogen and oxygen atoms in total. The van der Waals surface area contributed by atoms with Crippen molar-refractivity contribution in [3.05, 3.63) is 16.6 Å². The lowest BCUT2D eigenvalue weighted by atomic mass is 9.83. The molecule has 0 saturated heterocycles. The number of nitrogens with zero attached hydrogens (tertiary/aromatic N) is 2. The Labute approximate surface area is 117 Å². The van der Waals surface area contributed by atoms with Gasteiger partial charge in [-0.1, -0.05) is 0 Å². The van der Waals surface area contributed by atoms with Crippen LogP contribution in [0.4, 0.5) is 0 Å². The third-order valence-electron chi connectivity index (χ3n) is 3.75. The fraction of sp³-hybridized carbons (Fsp3) is 0.692. The Morgan fingerprint density at radius 3 is 3.05 bits per heavy atom. The Morgan fingerprint density at radius 1 is 1.63 bits per heavy atom. The summed E-state index contributed by atoms with van der Waals surface area (Å²) in [6.45, 7) is 0.572. The number of ether oxygens (including phenoxy) is 1. The van der Waals surface area contributed by atoms with E-state index in [1.165, 1.54) is 0 Å². The average Bonchev–Trinajstić information content (AvgIpc) is 2.91. The first-order valence-corrected chi connectivity index (χ1v) is 7.46. The summed E-state index contributed by atoms with van der Waals surface area (Å²) in [5, 5.41) is 1.97. The molecule has 0 spiro atoms. The van der Waals surface area contributed by atoms with Gasteiger partial charge >= 0.3 is 0 Å². The molecule has 0 aromatic carbocycles. The molecule has 1 aliphatic carbocycles. The molecule has 3 atom stereocenters. The van der Waals surface area contributed by atoms with Gasteiger partial charge in [-0.15, -0.1) is 11.3 Å². The van der Waals surface area contributed by atoms with Gasteiger partial charge in [-0.2, -0.15) is 0 Å². The fourth-order valence-corrected chi connectivity index (χ4v) is 3.15. The minimum atomic E-state index is -0.00428. The van der Waals surface area contributed by atoms with Crippen molar-refractivity contribution in [2.75, 3.05) is 14.2 Å². The zero-order valence-electron chi connectivity index (χ0n) is 11.4. The molecule has 19 heavy (non-hydrogen) atoms. The molecule has 0 radical (unpaired) electrons. The van der Waals surface area contributed by atoms with E-state index in [1.54, 1.807) is 28.9 Å². The minimum absolute atomic E-state index is 0.00428. The van der Waals surface area contributed by atoms with Crippen LogP contribution >= 0.6 is 11.3 Å². The first-order valence-electron chi connectivity index (χ1n) is 6.52. The lowest BCUT2D eigenvalue weighted by Crippen LogP contribution is -2.45. The predicted octanol–water partition coefficient (Wildman–Crippen LogP) is 1.24. The van der Waals surface area contributed by atoms with Crippen LogP contribution in [-0.2, 0) is 16.1 Å². The SMILES string of the molecule is CO[C@@H]1C[C@@H](C(=O)N(C)Cc2cscn2)CC[C@H]1N. The molecule has 1 aromatic heterocycles. The number of hydrogen-bond acceptors (Lipinski definition) is 5. The van der Waals surface area contributed by atoms with Crippen molar-refractivity contribution in [2.24, 2.45) is 11.7 Å². The van der Waals surface area contributed by atoms with Crippen molar-refractivity contribution in [3.63, 3.8) is 0 Å². The molecule has 2 N–H and O–H groups in total. The highest BCUT2D eigenvalue weighted by molar-refractivity contribution is 7.07. The maximum Gasteiger partial charge on any atom is 0.225 e. The Kier molecular flexibility index (Phi) is 4.90. The number of nitrogens with two attached hydrogens (primary N) is 1. The number of amides is 1. The molecule has 2 rings (SSSR count). The summed E-state index contributed by atoms with van der Waals surface area (Å²) in [5.74, 6) is 0.190. The Morgan fingerprint density at radius 2 is 2.42 bits per heavy atom. The highest BCUT2D eigenvalue weighted by Gasteiger charge is 2.33. The molecule has 1 saturated carbocycles. The first-order chi connectivity index (χ1) is 9.11. The van der Waals surface area contributed by atoms with Gasteiger partial charge in [-0.25, -0.2) is 4.98 Å². The highest BCUT2D eigenvalue weighted by Crippen LogP contribution is 2.27. The lowest BCUT2D eigenvalue weighted by molar-refractivity contribution is -0.137. The van der Waals surface area contributed by atoms with Crippen molar-refractivity contribution >= 4 is 17.2 Å². The maximum absolute atomic E-state index is 12.4. The molecular formula is C13H21N3O2S. The third kappa shape index (κ3) is 3.52. The summed E-state index contributed by atoms with van der Waals surface area (Å²) in [6, 6.07) is 0.0536. The van der Waals surface area contributed by atoms with Crippen LogP contribution in [0.1, 0.15) is 25.0 Å². The fourth-order valence-electron chi connectivity index (χ4n) is 2.60. The van der Waals surface area contributed by atoms with Crippen LogP contribution in [0.15, 0.2) is 10.9 Å². The second-order valence-electron chi connectivity index (χ2n) is 5.12. The molecule has 1 amide bonds. The standard InChI is InChI=1S/C13H21N3O2S/c1-16(6-10-7-19-8-15-10)13(17)9-3-4-11(14)12(5-9)18-2/h7-9,11-12H,3-6,14H2,1-2H3/t9-,11+,12+/m0/s1. The molecule has 0 bridgehead atoms. The van der Waals surface area contributed by atoms with E-state index < -0.39 is 0 Å². The Hall–Kier alpha value is -0.980.